The van der Waals surface area contributed by atoms with Gasteiger partial charge in [-0.1, -0.05) is 11.6 Å². The van der Waals surface area contributed by atoms with E-state index in [1.807, 2.05) is 13.8 Å². The van der Waals surface area contributed by atoms with Crippen molar-refractivity contribution >= 4 is 39.1 Å². The first kappa shape index (κ1) is 15.9. The Morgan fingerprint density at radius 1 is 1.40 bits per heavy atom. The first-order valence-corrected chi connectivity index (χ1v) is 9.13. The molecule has 0 unspecified atom stereocenters. The standard InChI is InChI=1S/C13H19ClN2O2S2/c1-9-6-10(14)12(7-11(9)15)20(17,18)16-4-5-19-13(2,3)8-16/h6-7H,4-5,8,15H2,1-3H3. The van der Waals surface area contributed by atoms with Crippen LogP contribution in [0.3, 0.4) is 0 Å². The number of hydrogen-bond acceptors (Lipinski definition) is 4. The lowest BCUT2D eigenvalue weighted by atomic mass is 10.2. The van der Waals surface area contributed by atoms with Crippen LogP contribution in [0.2, 0.25) is 5.02 Å². The van der Waals surface area contributed by atoms with Crippen LogP contribution in [-0.2, 0) is 10.0 Å². The summed E-state index contributed by atoms with van der Waals surface area (Å²) in [4.78, 5) is 0.102. The molecular weight excluding hydrogens is 316 g/mol. The number of aryl methyl sites for hydroxylation is 1. The number of thioether (sulfide) groups is 1. The molecule has 0 saturated carbocycles. The van der Waals surface area contributed by atoms with Crippen molar-refractivity contribution in [3.8, 4) is 0 Å². The average molecular weight is 335 g/mol. The lowest BCUT2D eigenvalue weighted by Crippen LogP contribution is -2.46. The van der Waals surface area contributed by atoms with Crippen LogP contribution in [-0.4, -0.2) is 36.3 Å². The van der Waals surface area contributed by atoms with Gasteiger partial charge < -0.3 is 5.73 Å². The van der Waals surface area contributed by atoms with E-state index in [9.17, 15) is 8.42 Å². The highest BCUT2D eigenvalue weighted by molar-refractivity contribution is 8.00. The van der Waals surface area contributed by atoms with Crippen LogP contribution >= 0.6 is 23.4 Å². The number of nitrogens with two attached hydrogens (primary N) is 1. The molecule has 0 radical (unpaired) electrons. The van der Waals surface area contributed by atoms with Gasteiger partial charge in [0.25, 0.3) is 0 Å². The Morgan fingerprint density at radius 3 is 2.65 bits per heavy atom. The topological polar surface area (TPSA) is 63.4 Å². The monoisotopic (exact) mass is 334 g/mol. The maximum absolute atomic E-state index is 12.7. The van der Waals surface area contributed by atoms with Crippen molar-refractivity contribution in [3.63, 3.8) is 0 Å². The maximum Gasteiger partial charge on any atom is 0.244 e. The highest BCUT2D eigenvalue weighted by Gasteiger charge is 2.35. The molecule has 1 aromatic carbocycles. The van der Waals surface area contributed by atoms with Crippen LogP contribution in [0.15, 0.2) is 17.0 Å². The summed E-state index contributed by atoms with van der Waals surface area (Å²) in [6.45, 7) is 6.87. The van der Waals surface area contributed by atoms with Crippen LogP contribution in [0.5, 0.6) is 0 Å². The molecule has 7 heteroatoms. The zero-order valence-corrected chi connectivity index (χ0v) is 14.2. The molecule has 1 aliphatic rings. The zero-order chi connectivity index (χ0) is 15.1. The number of hydrogen-bond donors (Lipinski definition) is 1. The third kappa shape index (κ3) is 3.08. The third-order valence-corrected chi connectivity index (χ3v) is 6.94. The molecule has 1 aromatic rings. The summed E-state index contributed by atoms with van der Waals surface area (Å²) in [7, 11) is -3.59. The van der Waals surface area contributed by atoms with E-state index in [2.05, 4.69) is 0 Å². The molecule has 1 fully saturated rings. The lowest BCUT2D eigenvalue weighted by molar-refractivity contribution is 0.387. The van der Waals surface area contributed by atoms with Crippen LogP contribution in [0, 0.1) is 6.92 Å². The molecule has 0 spiro atoms. The van der Waals surface area contributed by atoms with Crippen LogP contribution in [0.25, 0.3) is 0 Å². The largest absolute Gasteiger partial charge is 0.398 e. The van der Waals surface area contributed by atoms with Crippen LogP contribution in [0.1, 0.15) is 19.4 Å². The van der Waals surface area contributed by atoms with Gasteiger partial charge in [0, 0.05) is 29.3 Å². The summed E-state index contributed by atoms with van der Waals surface area (Å²) < 4.78 is 26.9. The van der Waals surface area contributed by atoms with E-state index < -0.39 is 10.0 Å². The molecular formula is C13H19ClN2O2S2. The van der Waals surface area contributed by atoms with Gasteiger partial charge in [-0.3, -0.25) is 0 Å². The van der Waals surface area contributed by atoms with E-state index in [0.717, 1.165) is 11.3 Å². The number of halogens is 1. The average Bonchev–Trinajstić information content (AvgIpc) is 2.32. The Labute approximate surface area is 129 Å². The molecule has 1 saturated heterocycles. The zero-order valence-electron chi connectivity index (χ0n) is 11.8. The quantitative estimate of drug-likeness (QED) is 0.845. The highest BCUT2D eigenvalue weighted by Crippen LogP contribution is 2.35. The number of anilines is 1. The second kappa shape index (κ2) is 5.40. The van der Waals surface area contributed by atoms with Gasteiger partial charge in [-0.25, -0.2) is 8.42 Å². The molecule has 0 amide bonds. The Morgan fingerprint density at radius 2 is 2.05 bits per heavy atom. The van der Waals surface area contributed by atoms with Gasteiger partial charge >= 0.3 is 0 Å². The highest BCUT2D eigenvalue weighted by atomic mass is 35.5. The van der Waals surface area contributed by atoms with Gasteiger partial charge in [0.05, 0.1) is 5.02 Å². The molecule has 1 heterocycles. The van der Waals surface area contributed by atoms with Crippen molar-refractivity contribution < 1.29 is 8.42 Å². The summed E-state index contributed by atoms with van der Waals surface area (Å²) in [5, 5.41) is 0.229. The lowest BCUT2D eigenvalue weighted by Gasteiger charge is -2.36. The van der Waals surface area contributed by atoms with Crippen LogP contribution < -0.4 is 5.73 Å². The van der Waals surface area contributed by atoms with Gasteiger partial charge in [-0.15, -0.1) is 0 Å². The van der Waals surface area contributed by atoms with Crippen molar-refractivity contribution in [1.29, 1.82) is 0 Å². The molecule has 0 aromatic heterocycles. The van der Waals surface area contributed by atoms with E-state index in [1.54, 1.807) is 24.8 Å². The van der Waals surface area contributed by atoms with Gasteiger partial charge in [0.1, 0.15) is 4.90 Å². The van der Waals surface area contributed by atoms with Crippen molar-refractivity contribution in [2.45, 2.75) is 30.4 Å². The van der Waals surface area contributed by atoms with Crippen molar-refractivity contribution in [1.82, 2.24) is 4.31 Å². The first-order chi connectivity index (χ1) is 9.13. The van der Waals surface area contributed by atoms with E-state index in [1.165, 1.54) is 10.4 Å². The number of nitrogen functional groups attached to an aromatic ring is 1. The van der Waals surface area contributed by atoms with Crippen molar-refractivity contribution in [2.24, 2.45) is 0 Å². The molecule has 0 bridgehead atoms. The second-order valence-corrected chi connectivity index (χ2v) is 9.70. The Hall–Kier alpha value is -0.430. The number of sulfonamides is 1. The van der Waals surface area contributed by atoms with E-state index in [0.29, 0.717) is 18.8 Å². The summed E-state index contributed by atoms with van der Waals surface area (Å²) in [5.41, 5.74) is 7.05. The predicted octanol–water partition coefficient (Wildman–Crippen LogP) is 2.75. The fourth-order valence-electron chi connectivity index (χ4n) is 2.18. The summed E-state index contributed by atoms with van der Waals surface area (Å²) in [6.07, 6.45) is 0. The molecule has 2 rings (SSSR count). The maximum atomic E-state index is 12.7. The van der Waals surface area contributed by atoms with Gasteiger partial charge in [-0.2, -0.15) is 16.1 Å². The SMILES string of the molecule is Cc1cc(Cl)c(S(=O)(=O)N2CCSC(C)(C)C2)cc1N. The minimum absolute atomic E-state index is 0.0892. The fourth-order valence-corrected chi connectivity index (χ4v) is 5.69. The molecule has 0 atom stereocenters. The predicted molar refractivity (Wildman–Crippen MR) is 85.9 cm³/mol. The van der Waals surface area contributed by atoms with Crippen molar-refractivity contribution in [2.75, 3.05) is 24.6 Å². The number of rotatable bonds is 2. The summed E-state index contributed by atoms with van der Waals surface area (Å²) >= 11 is 7.89. The number of nitrogens with zero attached hydrogens (tertiary/aromatic N) is 1. The van der Waals surface area contributed by atoms with Crippen molar-refractivity contribution in [3.05, 3.63) is 22.7 Å². The Kier molecular flexibility index (Phi) is 4.31. The number of benzene rings is 1. The van der Waals surface area contributed by atoms with Gasteiger partial charge in [-0.05, 0) is 38.5 Å². The molecule has 20 heavy (non-hydrogen) atoms. The van der Waals surface area contributed by atoms with Gasteiger partial charge in [0.15, 0.2) is 0 Å². The van der Waals surface area contributed by atoms with Crippen LogP contribution in [0.4, 0.5) is 5.69 Å². The van der Waals surface area contributed by atoms with E-state index in [-0.39, 0.29) is 14.7 Å². The third-order valence-electron chi connectivity index (χ3n) is 3.33. The minimum Gasteiger partial charge on any atom is -0.398 e. The molecule has 1 aliphatic heterocycles. The van der Waals surface area contributed by atoms with E-state index in [4.69, 9.17) is 17.3 Å². The fraction of sp³-hybridized carbons (Fsp3) is 0.538. The smallest absolute Gasteiger partial charge is 0.244 e. The Bertz CT molecular complexity index is 630. The summed E-state index contributed by atoms with van der Waals surface area (Å²) in [6, 6.07) is 3.06. The normalized spacial score (nSPS) is 20.0. The summed E-state index contributed by atoms with van der Waals surface area (Å²) in [5.74, 6) is 0.783. The minimum atomic E-state index is -3.59. The Balaban J connectivity index is 2.43. The molecule has 4 nitrogen and oxygen atoms in total. The first-order valence-electron chi connectivity index (χ1n) is 6.33. The van der Waals surface area contributed by atoms with E-state index >= 15 is 0 Å². The van der Waals surface area contributed by atoms with Gasteiger partial charge in [0.2, 0.25) is 10.0 Å². The molecule has 0 aliphatic carbocycles. The molecule has 2 N–H and O–H groups in total. The second-order valence-electron chi connectivity index (χ2n) is 5.59. The molecule has 112 valence electrons.